The van der Waals surface area contributed by atoms with E-state index in [0.717, 1.165) is 5.39 Å². The van der Waals surface area contributed by atoms with Gasteiger partial charge in [0.1, 0.15) is 0 Å². The summed E-state index contributed by atoms with van der Waals surface area (Å²) in [6.07, 6.45) is -2.65. The van der Waals surface area contributed by atoms with Crippen molar-refractivity contribution in [1.29, 1.82) is 0 Å². The van der Waals surface area contributed by atoms with E-state index in [0.29, 0.717) is 5.52 Å². The SMILES string of the molecule is COc1nc2ccccc2cc1C(N)C(F)F. The van der Waals surface area contributed by atoms with Crippen LogP contribution >= 0.6 is 0 Å². The summed E-state index contributed by atoms with van der Waals surface area (Å²) in [4.78, 5) is 4.16. The number of nitrogens with two attached hydrogens (primary N) is 1. The van der Waals surface area contributed by atoms with E-state index in [2.05, 4.69) is 4.98 Å². The molecule has 0 fully saturated rings. The monoisotopic (exact) mass is 238 g/mol. The van der Waals surface area contributed by atoms with Gasteiger partial charge in [-0.15, -0.1) is 0 Å². The summed E-state index contributed by atoms with van der Waals surface area (Å²) >= 11 is 0. The summed E-state index contributed by atoms with van der Waals surface area (Å²) in [5.74, 6) is 0.150. The van der Waals surface area contributed by atoms with Crippen molar-refractivity contribution in [2.75, 3.05) is 7.11 Å². The van der Waals surface area contributed by atoms with Crippen LogP contribution < -0.4 is 10.5 Å². The van der Waals surface area contributed by atoms with Gasteiger partial charge in [-0.25, -0.2) is 13.8 Å². The predicted octanol–water partition coefficient (Wildman–Crippen LogP) is 2.51. The number of methoxy groups -OCH3 is 1. The molecule has 1 unspecified atom stereocenters. The first-order valence-corrected chi connectivity index (χ1v) is 5.11. The van der Waals surface area contributed by atoms with Crippen molar-refractivity contribution >= 4 is 10.9 Å². The van der Waals surface area contributed by atoms with Crippen LogP contribution in [0, 0.1) is 0 Å². The molecule has 0 saturated heterocycles. The number of fused-ring (bicyclic) bond motifs is 1. The van der Waals surface area contributed by atoms with Crippen LogP contribution in [0.3, 0.4) is 0 Å². The maximum Gasteiger partial charge on any atom is 0.257 e. The largest absolute Gasteiger partial charge is 0.481 e. The number of benzene rings is 1. The molecule has 5 heteroatoms. The number of hydrogen-bond acceptors (Lipinski definition) is 3. The Bertz CT molecular complexity index is 531. The van der Waals surface area contributed by atoms with E-state index in [1.807, 2.05) is 12.1 Å². The standard InChI is InChI=1S/C12H12F2N2O/c1-17-12-8(10(15)11(13)14)6-7-4-2-3-5-9(7)16-12/h2-6,10-11H,15H2,1H3. The molecule has 0 aliphatic heterocycles. The average molecular weight is 238 g/mol. The summed E-state index contributed by atoms with van der Waals surface area (Å²) in [5.41, 5.74) is 6.35. The first kappa shape index (κ1) is 11.7. The molecular weight excluding hydrogens is 226 g/mol. The summed E-state index contributed by atoms with van der Waals surface area (Å²) in [6, 6.07) is 7.43. The van der Waals surface area contributed by atoms with Gasteiger partial charge < -0.3 is 10.5 Å². The molecule has 0 aliphatic carbocycles. The van der Waals surface area contributed by atoms with Crippen LogP contribution in [-0.2, 0) is 0 Å². The van der Waals surface area contributed by atoms with Crippen LogP contribution in [0.5, 0.6) is 5.88 Å². The minimum Gasteiger partial charge on any atom is -0.481 e. The van der Waals surface area contributed by atoms with E-state index >= 15 is 0 Å². The second kappa shape index (κ2) is 4.63. The predicted molar refractivity (Wildman–Crippen MR) is 61.2 cm³/mol. The fourth-order valence-electron chi connectivity index (χ4n) is 1.65. The number of rotatable bonds is 3. The van der Waals surface area contributed by atoms with Gasteiger partial charge in [0.2, 0.25) is 5.88 Å². The molecule has 1 aromatic heterocycles. The van der Waals surface area contributed by atoms with Crippen LogP contribution in [0.15, 0.2) is 30.3 Å². The second-order valence-corrected chi connectivity index (χ2v) is 3.64. The van der Waals surface area contributed by atoms with E-state index in [1.165, 1.54) is 7.11 Å². The Balaban J connectivity index is 2.60. The zero-order valence-corrected chi connectivity index (χ0v) is 9.23. The third-order valence-electron chi connectivity index (χ3n) is 2.54. The molecule has 0 saturated carbocycles. The summed E-state index contributed by atoms with van der Waals surface area (Å²) < 4.78 is 30.2. The van der Waals surface area contributed by atoms with Crippen molar-refractivity contribution in [1.82, 2.24) is 4.98 Å². The zero-order chi connectivity index (χ0) is 12.4. The fraction of sp³-hybridized carbons (Fsp3) is 0.250. The van der Waals surface area contributed by atoms with Crippen LogP contribution in [0.2, 0.25) is 0 Å². The maximum atomic E-state index is 12.6. The van der Waals surface area contributed by atoms with E-state index in [4.69, 9.17) is 10.5 Å². The van der Waals surface area contributed by atoms with Gasteiger partial charge in [0, 0.05) is 10.9 Å². The van der Waals surface area contributed by atoms with E-state index in [1.54, 1.807) is 18.2 Å². The van der Waals surface area contributed by atoms with Gasteiger partial charge in [0.25, 0.3) is 6.43 Å². The number of nitrogens with zero attached hydrogens (tertiary/aromatic N) is 1. The van der Waals surface area contributed by atoms with Gasteiger partial charge in [-0.3, -0.25) is 0 Å². The lowest BCUT2D eigenvalue weighted by Gasteiger charge is -2.14. The van der Waals surface area contributed by atoms with E-state index < -0.39 is 12.5 Å². The highest BCUT2D eigenvalue weighted by Gasteiger charge is 2.22. The molecule has 0 amide bonds. The Hall–Kier alpha value is -1.75. The number of pyridine rings is 1. The maximum absolute atomic E-state index is 12.6. The van der Waals surface area contributed by atoms with Crippen molar-refractivity contribution in [3.8, 4) is 5.88 Å². The Labute approximate surface area is 97.2 Å². The van der Waals surface area contributed by atoms with Crippen molar-refractivity contribution in [2.45, 2.75) is 12.5 Å². The topological polar surface area (TPSA) is 48.1 Å². The zero-order valence-electron chi connectivity index (χ0n) is 9.23. The molecule has 2 aromatic rings. The lowest BCUT2D eigenvalue weighted by molar-refractivity contribution is 0.115. The van der Waals surface area contributed by atoms with E-state index in [-0.39, 0.29) is 11.4 Å². The number of alkyl halides is 2. The molecule has 1 atom stereocenters. The summed E-state index contributed by atoms with van der Waals surface area (Å²) in [5, 5.41) is 0.763. The minimum atomic E-state index is -2.65. The van der Waals surface area contributed by atoms with Gasteiger partial charge in [0.15, 0.2) is 0 Å². The number of ether oxygens (including phenoxy) is 1. The third kappa shape index (κ3) is 2.19. The van der Waals surface area contributed by atoms with Crippen LogP contribution in [0.1, 0.15) is 11.6 Å². The third-order valence-corrected chi connectivity index (χ3v) is 2.54. The van der Waals surface area contributed by atoms with E-state index in [9.17, 15) is 8.78 Å². The van der Waals surface area contributed by atoms with Crippen molar-refractivity contribution in [2.24, 2.45) is 5.73 Å². The number of aromatic nitrogens is 1. The van der Waals surface area contributed by atoms with Crippen LogP contribution in [0.4, 0.5) is 8.78 Å². The lowest BCUT2D eigenvalue weighted by atomic mass is 10.1. The van der Waals surface area contributed by atoms with Crippen molar-refractivity contribution < 1.29 is 13.5 Å². The summed E-state index contributed by atoms with van der Waals surface area (Å²) in [6.45, 7) is 0. The quantitative estimate of drug-likeness (QED) is 0.893. The molecule has 17 heavy (non-hydrogen) atoms. The highest BCUT2D eigenvalue weighted by Crippen LogP contribution is 2.29. The molecular formula is C12H12F2N2O. The normalized spacial score (nSPS) is 13.0. The summed E-state index contributed by atoms with van der Waals surface area (Å²) in [7, 11) is 1.39. The van der Waals surface area contributed by atoms with Gasteiger partial charge in [-0.05, 0) is 12.1 Å². The molecule has 90 valence electrons. The average Bonchev–Trinajstić information content (AvgIpc) is 2.36. The molecule has 1 heterocycles. The van der Waals surface area contributed by atoms with Crippen LogP contribution in [-0.4, -0.2) is 18.5 Å². The Morgan fingerprint density at radius 3 is 2.65 bits per heavy atom. The molecule has 2 N–H and O–H groups in total. The van der Waals surface area contributed by atoms with Crippen LogP contribution in [0.25, 0.3) is 10.9 Å². The first-order valence-electron chi connectivity index (χ1n) is 5.11. The first-order chi connectivity index (χ1) is 8.13. The smallest absolute Gasteiger partial charge is 0.257 e. The molecule has 0 radical (unpaired) electrons. The van der Waals surface area contributed by atoms with Gasteiger partial charge in [0.05, 0.1) is 18.7 Å². The molecule has 0 aliphatic rings. The van der Waals surface area contributed by atoms with Gasteiger partial charge in [-0.1, -0.05) is 18.2 Å². The molecule has 1 aromatic carbocycles. The number of para-hydroxylation sites is 1. The highest BCUT2D eigenvalue weighted by molar-refractivity contribution is 5.80. The Morgan fingerprint density at radius 1 is 1.29 bits per heavy atom. The van der Waals surface area contributed by atoms with Crippen molar-refractivity contribution in [3.05, 3.63) is 35.9 Å². The number of hydrogen-bond donors (Lipinski definition) is 1. The molecule has 2 rings (SSSR count). The second-order valence-electron chi connectivity index (χ2n) is 3.64. The Kier molecular flexibility index (Phi) is 3.19. The lowest BCUT2D eigenvalue weighted by Crippen LogP contribution is -2.20. The fourth-order valence-corrected chi connectivity index (χ4v) is 1.65. The highest BCUT2D eigenvalue weighted by atomic mass is 19.3. The molecule has 3 nitrogen and oxygen atoms in total. The van der Waals surface area contributed by atoms with Gasteiger partial charge in [-0.2, -0.15) is 0 Å². The molecule has 0 spiro atoms. The number of halogens is 2. The minimum absolute atomic E-state index is 0.150. The van der Waals surface area contributed by atoms with Gasteiger partial charge >= 0.3 is 0 Å². The Morgan fingerprint density at radius 2 is 2.00 bits per heavy atom. The molecule has 0 bridgehead atoms. The van der Waals surface area contributed by atoms with Crippen molar-refractivity contribution in [3.63, 3.8) is 0 Å².